The summed E-state index contributed by atoms with van der Waals surface area (Å²) in [7, 11) is 0. The molecule has 0 aliphatic heterocycles. The van der Waals surface area contributed by atoms with E-state index in [4.69, 9.17) is 19.5 Å². The molecule has 0 saturated heterocycles. The van der Waals surface area contributed by atoms with Crippen LogP contribution in [0, 0.1) is 11.3 Å². The Bertz CT molecular complexity index is 255. The Morgan fingerprint density at radius 1 is 1.33 bits per heavy atom. The fraction of sp³-hybridized carbons (Fsp3) is 0.600. The van der Waals surface area contributed by atoms with Crippen LogP contribution >= 0.6 is 0 Å². The maximum Gasteiger partial charge on any atom is 0.352 e. The molecule has 5 heteroatoms. The van der Waals surface area contributed by atoms with Crippen molar-refractivity contribution in [2.75, 3.05) is 26.4 Å². The third-order valence-corrected chi connectivity index (χ3v) is 1.37. The molecule has 0 fully saturated rings. The molecule has 0 aromatic heterocycles. The first-order valence-corrected chi connectivity index (χ1v) is 4.73. The summed E-state index contributed by atoms with van der Waals surface area (Å²) in [5.74, 6) is -0.689. The maximum absolute atomic E-state index is 11.2. The molecule has 0 aliphatic carbocycles. The molecule has 0 unspecified atom stereocenters. The first kappa shape index (κ1) is 13.5. The molecular formula is C10H15NO4. The monoisotopic (exact) mass is 213 g/mol. The van der Waals surface area contributed by atoms with Crippen LogP contribution in [0.5, 0.6) is 0 Å². The molecule has 0 atom stereocenters. The highest BCUT2D eigenvalue weighted by Crippen LogP contribution is 1.97. The van der Waals surface area contributed by atoms with Gasteiger partial charge in [-0.25, -0.2) is 4.79 Å². The third kappa shape index (κ3) is 6.52. The Morgan fingerprint density at radius 2 is 2.07 bits per heavy atom. The topological polar surface area (TPSA) is 68.5 Å². The number of nitriles is 1. The van der Waals surface area contributed by atoms with Gasteiger partial charge in [0.25, 0.3) is 0 Å². The van der Waals surface area contributed by atoms with Crippen molar-refractivity contribution in [3.63, 3.8) is 0 Å². The number of hydrogen-bond donors (Lipinski definition) is 0. The minimum absolute atomic E-state index is 0.137. The summed E-state index contributed by atoms with van der Waals surface area (Å²) in [5, 5.41) is 8.60. The molecule has 0 N–H and O–H groups in total. The Hall–Kier alpha value is -1.54. The normalized spacial score (nSPS) is 10.6. The van der Waals surface area contributed by atoms with Gasteiger partial charge in [-0.3, -0.25) is 0 Å². The molecule has 0 heterocycles. The minimum atomic E-state index is -0.689. The molecule has 0 bridgehead atoms. The molecular weight excluding hydrogens is 198 g/mol. The van der Waals surface area contributed by atoms with Gasteiger partial charge in [0.15, 0.2) is 5.57 Å². The molecule has 0 aliphatic rings. The van der Waals surface area contributed by atoms with E-state index in [-0.39, 0.29) is 12.2 Å². The van der Waals surface area contributed by atoms with Gasteiger partial charge in [0.05, 0.1) is 13.2 Å². The van der Waals surface area contributed by atoms with Gasteiger partial charge in [-0.15, -0.1) is 0 Å². The zero-order valence-electron chi connectivity index (χ0n) is 8.99. The second-order valence-corrected chi connectivity index (χ2v) is 2.43. The molecule has 0 amide bonds. The van der Waals surface area contributed by atoms with Crippen molar-refractivity contribution in [2.24, 2.45) is 0 Å². The van der Waals surface area contributed by atoms with Crippen LogP contribution in [0.3, 0.4) is 0 Å². The van der Waals surface area contributed by atoms with Crippen molar-refractivity contribution in [3.05, 3.63) is 11.8 Å². The number of nitrogens with zero attached hydrogens (tertiary/aromatic N) is 1. The second kappa shape index (κ2) is 9.03. The molecule has 15 heavy (non-hydrogen) atoms. The first-order chi connectivity index (χ1) is 7.26. The highest BCUT2D eigenvalue weighted by Gasteiger charge is 2.10. The van der Waals surface area contributed by atoms with Gasteiger partial charge in [0.1, 0.15) is 18.9 Å². The largest absolute Gasteiger partial charge is 0.500 e. The van der Waals surface area contributed by atoms with E-state index in [1.165, 1.54) is 0 Å². The van der Waals surface area contributed by atoms with Crippen LogP contribution in [-0.4, -0.2) is 32.4 Å². The van der Waals surface area contributed by atoms with Crippen LogP contribution in [0.25, 0.3) is 0 Å². The SMILES string of the molecule is CCO/C=C(/C#N)C(=O)OCCOCC. The van der Waals surface area contributed by atoms with E-state index in [2.05, 4.69) is 0 Å². The number of rotatable bonds is 7. The van der Waals surface area contributed by atoms with Crippen molar-refractivity contribution in [2.45, 2.75) is 13.8 Å². The van der Waals surface area contributed by atoms with Crippen molar-refractivity contribution < 1.29 is 19.0 Å². The molecule has 0 radical (unpaired) electrons. The Kier molecular flexibility index (Phi) is 8.10. The summed E-state index contributed by atoms with van der Waals surface area (Å²) >= 11 is 0. The molecule has 0 aromatic rings. The summed E-state index contributed by atoms with van der Waals surface area (Å²) in [5.41, 5.74) is -0.145. The Labute approximate surface area is 89.2 Å². The second-order valence-electron chi connectivity index (χ2n) is 2.43. The van der Waals surface area contributed by atoms with Crippen LogP contribution in [0.1, 0.15) is 13.8 Å². The van der Waals surface area contributed by atoms with Gasteiger partial charge in [0, 0.05) is 6.61 Å². The summed E-state index contributed by atoms with van der Waals surface area (Å²) in [6, 6.07) is 1.70. The summed E-state index contributed by atoms with van der Waals surface area (Å²) < 4.78 is 14.5. The number of carbonyl (C=O) groups excluding carboxylic acids is 1. The van der Waals surface area contributed by atoms with Gasteiger partial charge < -0.3 is 14.2 Å². The highest BCUT2D eigenvalue weighted by molar-refractivity contribution is 5.92. The average Bonchev–Trinajstić information content (AvgIpc) is 2.25. The lowest BCUT2D eigenvalue weighted by atomic mass is 10.3. The standard InChI is InChI=1S/C10H15NO4/c1-3-13-5-6-15-10(12)9(7-11)8-14-4-2/h8H,3-6H2,1-2H3/b9-8-. The smallest absolute Gasteiger partial charge is 0.352 e. The Morgan fingerprint density at radius 3 is 2.60 bits per heavy atom. The predicted molar refractivity (Wildman–Crippen MR) is 52.8 cm³/mol. The van der Waals surface area contributed by atoms with E-state index >= 15 is 0 Å². The van der Waals surface area contributed by atoms with E-state index in [9.17, 15) is 4.79 Å². The van der Waals surface area contributed by atoms with E-state index in [0.29, 0.717) is 19.8 Å². The van der Waals surface area contributed by atoms with Gasteiger partial charge in [-0.1, -0.05) is 0 Å². The predicted octanol–water partition coefficient (Wildman–Crippen LogP) is 1.01. The van der Waals surface area contributed by atoms with Gasteiger partial charge in [-0.05, 0) is 13.8 Å². The van der Waals surface area contributed by atoms with Crippen LogP contribution in [0.15, 0.2) is 11.8 Å². The van der Waals surface area contributed by atoms with E-state index < -0.39 is 5.97 Å². The average molecular weight is 213 g/mol. The Balaban J connectivity index is 3.90. The molecule has 5 nitrogen and oxygen atoms in total. The lowest BCUT2D eigenvalue weighted by Crippen LogP contribution is -2.12. The molecule has 0 spiro atoms. The summed E-state index contributed by atoms with van der Waals surface area (Å²) in [4.78, 5) is 11.2. The van der Waals surface area contributed by atoms with Gasteiger partial charge >= 0.3 is 5.97 Å². The number of ether oxygens (including phenoxy) is 3. The van der Waals surface area contributed by atoms with Crippen molar-refractivity contribution in [3.8, 4) is 6.07 Å². The number of carbonyl (C=O) groups is 1. The van der Waals surface area contributed by atoms with E-state index in [1.807, 2.05) is 6.92 Å². The summed E-state index contributed by atoms with van der Waals surface area (Å²) in [6.07, 6.45) is 1.10. The van der Waals surface area contributed by atoms with E-state index in [0.717, 1.165) is 6.26 Å². The molecule has 84 valence electrons. The van der Waals surface area contributed by atoms with Crippen molar-refractivity contribution >= 4 is 5.97 Å². The van der Waals surface area contributed by atoms with E-state index in [1.54, 1.807) is 13.0 Å². The highest BCUT2D eigenvalue weighted by atomic mass is 16.6. The van der Waals surface area contributed by atoms with Crippen LogP contribution in [0.2, 0.25) is 0 Å². The lowest BCUT2D eigenvalue weighted by molar-refractivity contribution is -0.140. The third-order valence-electron chi connectivity index (χ3n) is 1.37. The van der Waals surface area contributed by atoms with Gasteiger partial charge in [-0.2, -0.15) is 5.26 Å². The zero-order valence-corrected chi connectivity index (χ0v) is 8.99. The van der Waals surface area contributed by atoms with Crippen LogP contribution in [-0.2, 0) is 19.0 Å². The molecule has 0 rings (SSSR count). The molecule has 0 saturated carbocycles. The van der Waals surface area contributed by atoms with Crippen molar-refractivity contribution in [1.29, 1.82) is 5.26 Å². The number of hydrogen-bond acceptors (Lipinski definition) is 5. The fourth-order valence-corrected chi connectivity index (χ4v) is 0.702. The fourth-order valence-electron chi connectivity index (χ4n) is 0.702. The number of esters is 1. The van der Waals surface area contributed by atoms with Crippen molar-refractivity contribution in [1.82, 2.24) is 0 Å². The minimum Gasteiger partial charge on any atom is -0.500 e. The summed E-state index contributed by atoms with van der Waals surface area (Å²) in [6.45, 7) is 5.03. The maximum atomic E-state index is 11.2. The van der Waals surface area contributed by atoms with Crippen LogP contribution < -0.4 is 0 Å². The van der Waals surface area contributed by atoms with Crippen LogP contribution in [0.4, 0.5) is 0 Å². The van der Waals surface area contributed by atoms with Gasteiger partial charge in [0.2, 0.25) is 0 Å². The quantitative estimate of drug-likeness (QED) is 0.207. The lowest BCUT2D eigenvalue weighted by Gasteiger charge is -2.03. The first-order valence-electron chi connectivity index (χ1n) is 4.73. The molecule has 0 aromatic carbocycles. The zero-order chi connectivity index (χ0) is 11.5.